The van der Waals surface area contributed by atoms with E-state index in [2.05, 4.69) is 52.8 Å². The first-order valence-corrected chi connectivity index (χ1v) is 10.9. The molecule has 2 heterocycles. The van der Waals surface area contributed by atoms with Crippen molar-refractivity contribution in [3.63, 3.8) is 0 Å². The molecule has 0 saturated carbocycles. The Hall–Kier alpha value is -1.70. The molecule has 1 saturated heterocycles. The zero-order valence-corrected chi connectivity index (χ0v) is 16.5. The van der Waals surface area contributed by atoms with Gasteiger partial charge in [0, 0.05) is 38.1 Å². The highest BCUT2D eigenvalue weighted by Gasteiger charge is 2.36. The Labute approximate surface area is 156 Å². The topological polar surface area (TPSA) is 67.2 Å². The van der Waals surface area contributed by atoms with Crippen LogP contribution in [0.25, 0.3) is 0 Å². The summed E-state index contributed by atoms with van der Waals surface area (Å²) >= 11 is 0. The van der Waals surface area contributed by atoms with Gasteiger partial charge in [-0.1, -0.05) is 38.1 Å². The molecule has 2 atom stereocenters. The van der Waals surface area contributed by atoms with Crippen LogP contribution >= 0.6 is 0 Å². The predicted octanol–water partition coefficient (Wildman–Crippen LogP) is 1.94. The Morgan fingerprint density at radius 3 is 2.54 bits per heavy atom. The van der Waals surface area contributed by atoms with Crippen molar-refractivity contribution in [2.24, 2.45) is 11.8 Å². The molecule has 142 valence electrons. The quantitative estimate of drug-likeness (QED) is 0.802. The summed E-state index contributed by atoms with van der Waals surface area (Å²) in [6, 6.07) is 10.4. The van der Waals surface area contributed by atoms with Crippen molar-refractivity contribution in [2.45, 2.75) is 33.0 Å². The molecular formula is C19H28N4O2S. The van der Waals surface area contributed by atoms with E-state index >= 15 is 0 Å². The predicted molar refractivity (Wildman–Crippen MR) is 103 cm³/mol. The van der Waals surface area contributed by atoms with E-state index in [-0.39, 0.29) is 6.04 Å². The van der Waals surface area contributed by atoms with Crippen LogP contribution in [0.5, 0.6) is 0 Å². The summed E-state index contributed by atoms with van der Waals surface area (Å²) in [7, 11) is -3.19. The molecule has 1 N–H and O–H groups in total. The Kier molecular flexibility index (Phi) is 5.79. The van der Waals surface area contributed by atoms with E-state index in [9.17, 15) is 8.42 Å². The summed E-state index contributed by atoms with van der Waals surface area (Å²) in [6.07, 6.45) is 4.99. The molecule has 2 unspecified atom stereocenters. The van der Waals surface area contributed by atoms with Gasteiger partial charge < -0.3 is 0 Å². The fraction of sp³-hybridized carbons (Fsp3) is 0.526. The zero-order valence-electron chi connectivity index (χ0n) is 15.7. The molecule has 0 amide bonds. The van der Waals surface area contributed by atoms with E-state index in [1.807, 2.05) is 16.9 Å². The second-order valence-electron chi connectivity index (χ2n) is 7.62. The van der Waals surface area contributed by atoms with Crippen LogP contribution in [0.15, 0.2) is 42.7 Å². The maximum atomic E-state index is 11.7. The van der Waals surface area contributed by atoms with Crippen LogP contribution < -0.4 is 4.72 Å². The normalized spacial score (nSPS) is 21.5. The van der Waals surface area contributed by atoms with Gasteiger partial charge in [0.1, 0.15) is 0 Å². The lowest BCUT2D eigenvalue weighted by Gasteiger charge is -2.21. The van der Waals surface area contributed by atoms with Gasteiger partial charge in [-0.3, -0.25) is 9.58 Å². The summed E-state index contributed by atoms with van der Waals surface area (Å²) in [5, 5.41) is 4.26. The van der Waals surface area contributed by atoms with Crippen LogP contribution in [0.4, 0.5) is 0 Å². The van der Waals surface area contributed by atoms with Gasteiger partial charge in [-0.05, 0) is 29.0 Å². The SMILES string of the molecule is CC(C)C1CN(Cc2cccc(Cn3cccn3)c2)CC1NS(C)(=O)=O. The van der Waals surface area contributed by atoms with Gasteiger partial charge in [0.05, 0.1) is 12.8 Å². The van der Waals surface area contributed by atoms with E-state index in [0.717, 1.165) is 26.2 Å². The Bertz CT molecular complexity index is 818. The number of nitrogens with one attached hydrogen (secondary N) is 1. The summed E-state index contributed by atoms with van der Waals surface area (Å²) in [5.74, 6) is 0.766. The Morgan fingerprint density at radius 1 is 1.19 bits per heavy atom. The first-order chi connectivity index (χ1) is 12.3. The highest BCUT2D eigenvalue weighted by atomic mass is 32.2. The van der Waals surface area contributed by atoms with E-state index in [1.165, 1.54) is 17.4 Å². The lowest BCUT2D eigenvalue weighted by Crippen LogP contribution is -2.41. The van der Waals surface area contributed by atoms with Crippen molar-refractivity contribution in [3.8, 4) is 0 Å². The minimum absolute atomic E-state index is 0.0164. The lowest BCUT2D eigenvalue weighted by molar-refractivity contribution is 0.296. The molecule has 0 spiro atoms. The number of hydrogen-bond donors (Lipinski definition) is 1. The van der Waals surface area contributed by atoms with E-state index in [1.54, 1.807) is 6.20 Å². The molecule has 7 heteroatoms. The first kappa shape index (κ1) is 19.1. The lowest BCUT2D eigenvalue weighted by atomic mass is 9.92. The monoisotopic (exact) mass is 376 g/mol. The molecule has 1 aromatic heterocycles. The number of hydrogen-bond acceptors (Lipinski definition) is 4. The largest absolute Gasteiger partial charge is 0.297 e. The van der Waals surface area contributed by atoms with Gasteiger partial charge in [0.15, 0.2) is 0 Å². The highest BCUT2D eigenvalue weighted by molar-refractivity contribution is 7.88. The van der Waals surface area contributed by atoms with Gasteiger partial charge in [-0.25, -0.2) is 13.1 Å². The molecule has 6 nitrogen and oxygen atoms in total. The van der Waals surface area contributed by atoms with Crippen LogP contribution in [0.3, 0.4) is 0 Å². The van der Waals surface area contributed by atoms with Crippen molar-refractivity contribution < 1.29 is 8.42 Å². The minimum atomic E-state index is -3.19. The average molecular weight is 377 g/mol. The van der Waals surface area contributed by atoms with Crippen LogP contribution in [0.1, 0.15) is 25.0 Å². The highest BCUT2D eigenvalue weighted by Crippen LogP contribution is 2.26. The molecule has 1 fully saturated rings. The fourth-order valence-electron chi connectivity index (χ4n) is 3.78. The fourth-order valence-corrected chi connectivity index (χ4v) is 4.58. The van der Waals surface area contributed by atoms with E-state index < -0.39 is 10.0 Å². The van der Waals surface area contributed by atoms with Crippen LogP contribution in [0, 0.1) is 11.8 Å². The minimum Gasteiger partial charge on any atom is -0.297 e. The maximum Gasteiger partial charge on any atom is 0.209 e. The number of aromatic nitrogens is 2. The van der Waals surface area contributed by atoms with Gasteiger partial charge in [-0.15, -0.1) is 0 Å². The molecule has 1 aliphatic rings. The maximum absolute atomic E-state index is 11.7. The third kappa shape index (κ3) is 5.16. The number of likely N-dealkylation sites (tertiary alicyclic amines) is 1. The third-order valence-corrected chi connectivity index (χ3v) is 5.69. The molecule has 3 rings (SSSR count). The summed E-state index contributed by atoms with van der Waals surface area (Å²) in [4.78, 5) is 2.35. The van der Waals surface area contributed by atoms with Gasteiger partial charge >= 0.3 is 0 Å². The standard InChI is InChI=1S/C19H28N4O2S/c1-15(2)18-13-22(14-19(18)21-26(3,24)25)11-16-6-4-7-17(10-16)12-23-9-5-8-20-23/h4-10,15,18-19,21H,11-14H2,1-3H3. The molecular weight excluding hydrogens is 348 g/mol. The van der Waals surface area contributed by atoms with Crippen LogP contribution in [-0.2, 0) is 23.1 Å². The van der Waals surface area contributed by atoms with Gasteiger partial charge in [0.2, 0.25) is 10.0 Å². The molecule has 26 heavy (non-hydrogen) atoms. The van der Waals surface area contributed by atoms with Gasteiger partial charge in [0.25, 0.3) is 0 Å². The first-order valence-electron chi connectivity index (χ1n) is 9.05. The molecule has 0 aliphatic carbocycles. The van der Waals surface area contributed by atoms with Crippen molar-refractivity contribution in [3.05, 3.63) is 53.9 Å². The van der Waals surface area contributed by atoms with Crippen molar-refractivity contribution in [2.75, 3.05) is 19.3 Å². The van der Waals surface area contributed by atoms with Crippen molar-refractivity contribution >= 4 is 10.0 Å². The zero-order chi connectivity index (χ0) is 18.7. The van der Waals surface area contributed by atoms with Crippen LogP contribution in [-0.4, -0.2) is 48.5 Å². The molecule has 0 radical (unpaired) electrons. The Morgan fingerprint density at radius 2 is 1.92 bits per heavy atom. The summed E-state index contributed by atoms with van der Waals surface area (Å²) < 4.78 is 28.1. The molecule has 1 aromatic carbocycles. The second-order valence-corrected chi connectivity index (χ2v) is 9.40. The van der Waals surface area contributed by atoms with Crippen molar-refractivity contribution in [1.29, 1.82) is 0 Å². The van der Waals surface area contributed by atoms with Gasteiger partial charge in [-0.2, -0.15) is 5.10 Å². The third-order valence-electron chi connectivity index (χ3n) is 4.96. The molecule has 0 bridgehead atoms. The van der Waals surface area contributed by atoms with E-state index in [4.69, 9.17) is 0 Å². The smallest absolute Gasteiger partial charge is 0.209 e. The second kappa shape index (κ2) is 7.90. The van der Waals surface area contributed by atoms with E-state index in [0.29, 0.717) is 11.8 Å². The number of nitrogens with zero attached hydrogens (tertiary/aromatic N) is 3. The number of benzene rings is 1. The Balaban J connectivity index is 1.67. The van der Waals surface area contributed by atoms with Crippen molar-refractivity contribution in [1.82, 2.24) is 19.4 Å². The summed E-state index contributed by atoms with van der Waals surface area (Å²) in [6.45, 7) is 7.57. The molecule has 2 aromatic rings. The van der Waals surface area contributed by atoms with Crippen LogP contribution in [0.2, 0.25) is 0 Å². The average Bonchev–Trinajstić information content (AvgIpc) is 3.16. The summed E-state index contributed by atoms with van der Waals surface area (Å²) in [5.41, 5.74) is 2.47. The number of rotatable bonds is 7. The number of sulfonamides is 1. The molecule has 1 aliphatic heterocycles.